The van der Waals surface area contributed by atoms with Crippen molar-refractivity contribution in [3.8, 4) is 16.3 Å². The van der Waals surface area contributed by atoms with E-state index in [1.165, 1.54) is 17.5 Å². The maximum absolute atomic E-state index is 4.76. The molecule has 0 unspecified atom stereocenters. The topological polar surface area (TPSA) is 55.6 Å². The molecule has 0 amide bonds. The van der Waals surface area contributed by atoms with Gasteiger partial charge in [-0.1, -0.05) is 38.1 Å². The van der Waals surface area contributed by atoms with Crippen molar-refractivity contribution in [3.05, 3.63) is 77.8 Å². The fraction of sp³-hybridized carbons (Fsp3) is 0.190. The van der Waals surface area contributed by atoms with Crippen LogP contribution < -0.4 is 5.32 Å². The lowest BCUT2D eigenvalue weighted by atomic mass is 10.0. The van der Waals surface area contributed by atoms with Gasteiger partial charge in [0, 0.05) is 16.6 Å². The molecule has 0 fully saturated rings. The molecule has 136 valence electrons. The monoisotopic (exact) mass is 375 g/mol. The van der Waals surface area contributed by atoms with Crippen LogP contribution in [0.15, 0.2) is 66.6 Å². The van der Waals surface area contributed by atoms with Crippen LogP contribution >= 0.6 is 11.3 Å². The fourth-order valence-electron chi connectivity index (χ4n) is 2.80. The molecule has 4 aromatic rings. The van der Waals surface area contributed by atoms with Crippen molar-refractivity contribution in [2.75, 3.05) is 5.32 Å². The quantitative estimate of drug-likeness (QED) is 0.508. The lowest BCUT2D eigenvalue weighted by Crippen LogP contribution is -2.00. The van der Waals surface area contributed by atoms with Crippen molar-refractivity contribution in [1.82, 2.24) is 19.7 Å². The molecule has 0 radical (unpaired) electrons. The highest BCUT2D eigenvalue weighted by Gasteiger charge is 2.06. The van der Waals surface area contributed by atoms with Gasteiger partial charge < -0.3 is 5.32 Å². The summed E-state index contributed by atoms with van der Waals surface area (Å²) in [6.07, 6.45) is 3.22. The fourth-order valence-corrected chi connectivity index (χ4v) is 3.62. The van der Waals surface area contributed by atoms with E-state index in [9.17, 15) is 0 Å². The summed E-state index contributed by atoms with van der Waals surface area (Å²) in [5, 5.41) is 10.7. The molecule has 4 rings (SSSR count). The third-order valence-electron chi connectivity index (χ3n) is 4.40. The van der Waals surface area contributed by atoms with Gasteiger partial charge in [0.1, 0.15) is 17.7 Å². The first kappa shape index (κ1) is 17.4. The second-order valence-corrected chi connectivity index (χ2v) is 7.52. The van der Waals surface area contributed by atoms with Crippen molar-refractivity contribution >= 4 is 17.0 Å². The van der Waals surface area contributed by atoms with Gasteiger partial charge in [0.25, 0.3) is 0 Å². The molecule has 27 heavy (non-hydrogen) atoms. The lowest BCUT2D eigenvalue weighted by Gasteiger charge is -2.06. The summed E-state index contributed by atoms with van der Waals surface area (Å²) < 4.78 is 1.74. The average Bonchev–Trinajstić information content (AvgIpc) is 3.39. The first-order valence-electron chi connectivity index (χ1n) is 8.93. The van der Waals surface area contributed by atoms with E-state index < -0.39 is 0 Å². The van der Waals surface area contributed by atoms with Crippen LogP contribution in [0.1, 0.15) is 31.0 Å². The zero-order valence-electron chi connectivity index (χ0n) is 15.3. The third kappa shape index (κ3) is 4.06. The van der Waals surface area contributed by atoms with Crippen LogP contribution in [0, 0.1) is 0 Å². The van der Waals surface area contributed by atoms with Crippen LogP contribution in [-0.2, 0) is 6.54 Å². The number of benzene rings is 2. The highest BCUT2D eigenvalue weighted by atomic mass is 32.1. The van der Waals surface area contributed by atoms with Gasteiger partial charge in [-0.05, 0) is 35.7 Å². The van der Waals surface area contributed by atoms with Gasteiger partial charge in [-0.25, -0.2) is 14.6 Å². The van der Waals surface area contributed by atoms with Crippen LogP contribution in [0.5, 0.6) is 0 Å². The van der Waals surface area contributed by atoms with Gasteiger partial charge in [-0.15, -0.1) is 11.3 Å². The molecule has 0 spiro atoms. The zero-order valence-corrected chi connectivity index (χ0v) is 16.1. The predicted molar refractivity (Wildman–Crippen MR) is 110 cm³/mol. The lowest BCUT2D eigenvalue weighted by molar-refractivity contribution is 0.867. The summed E-state index contributed by atoms with van der Waals surface area (Å²) in [5.74, 6) is 0.547. The Morgan fingerprint density at radius 3 is 2.48 bits per heavy atom. The second kappa shape index (κ2) is 7.72. The van der Waals surface area contributed by atoms with E-state index in [1.807, 2.05) is 24.3 Å². The van der Waals surface area contributed by atoms with E-state index in [0.29, 0.717) is 12.5 Å². The van der Waals surface area contributed by atoms with E-state index in [1.54, 1.807) is 22.3 Å². The van der Waals surface area contributed by atoms with Gasteiger partial charge in [0.2, 0.25) is 0 Å². The minimum absolute atomic E-state index is 0.547. The van der Waals surface area contributed by atoms with E-state index >= 15 is 0 Å². The number of nitrogens with one attached hydrogen (secondary N) is 1. The largest absolute Gasteiger partial charge is 0.379 e. The Labute approximate surface area is 162 Å². The molecule has 6 heteroatoms. The van der Waals surface area contributed by atoms with Gasteiger partial charge in [-0.2, -0.15) is 5.10 Å². The molecule has 0 atom stereocenters. The van der Waals surface area contributed by atoms with E-state index in [4.69, 9.17) is 4.98 Å². The molecule has 1 N–H and O–H groups in total. The van der Waals surface area contributed by atoms with Crippen LogP contribution in [0.3, 0.4) is 0 Å². The number of rotatable bonds is 6. The molecule has 2 heterocycles. The summed E-state index contributed by atoms with van der Waals surface area (Å²) in [6.45, 7) is 5.12. The normalized spacial score (nSPS) is 11.1. The van der Waals surface area contributed by atoms with Crippen molar-refractivity contribution in [1.29, 1.82) is 0 Å². The van der Waals surface area contributed by atoms with Crippen molar-refractivity contribution in [3.63, 3.8) is 0 Å². The molecule has 0 saturated heterocycles. The van der Waals surface area contributed by atoms with Crippen LogP contribution in [-0.4, -0.2) is 19.7 Å². The summed E-state index contributed by atoms with van der Waals surface area (Å²) in [5.41, 5.74) is 5.61. The Hall–Kier alpha value is -2.99. The molecular weight excluding hydrogens is 354 g/mol. The number of anilines is 1. The average molecular weight is 376 g/mol. The standard InChI is InChI=1S/C21H21N5S/c1-15(2)16-3-5-17(6-4-16)21-25-19(12-27-21)11-23-18-7-9-20(10-8-18)26-14-22-13-24-26/h3-10,12-15,23H,11H2,1-2H3. The number of thiazole rings is 1. The molecule has 0 saturated carbocycles. The molecule has 2 aromatic carbocycles. The Morgan fingerprint density at radius 2 is 1.81 bits per heavy atom. The number of hydrogen-bond acceptors (Lipinski definition) is 5. The summed E-state index contributed by atoms with van der Waals surface area (Å²) >= 11 is 1.68. The zero-order chi connectivity index (χ0) is 18.6. The Bertz CT molecular complexity index is 986. The van der Waals surface area contributed by atoms with Crippen molar-refractivity contribution in [2.24, 2.45) is 0 Å². The van der Waals surface area contributed by atoms with Gasteiger partial charge in [-0.3, -0.25) is 0 Å². The van der Waals surface area contributed by atoms with Crippen molar-refractivity contribution < 1.29 is 0 Å². The summed E-state index contributed by atoms with van der Waals surface area (Å²) in [6, 6.07) is 16.8. The number of hydrogen-bond donors (Lipinski definition) is 1. The smallest absolute Gasteiger partial charge is 0.138 e. The van der Waals surface area contributed by atoms with Crippen LogP contribution in [0.2, 0.25) is 0 Å². The molecule has 0 aliphatic heterocycles. The van der Waals surface area contributed by atoms with Gasteiger partial charge in [0.15, 0.2) is 0 Å². The maximum atomic E-state index is 4.76. The van der Waals surface area contributed by atoms with Crippen LogP contribution in [0.25, 0.3) is 16.3 Å². The highest BCUT2D eigenvalue weighted by Crippen LogP contribution is 2.26. The first-order valence-corrected chi connectivity index (χ1v) is 9.80. The second-order valence-electron chi connectivity index (χ2n) is 6.66. The third-order valence-corrected chi connectivity index (χ3v) is 5.34. The van der Waals surface area contributed by atoms with Gasteiger partial charge in [0.05, 0.1) is 17.9 Å². The first-order chi connectivity index (χ1) is 13.2. The minimum atomic E-state index is 0.547. The SMILES string of the molecule is CC(C)c1ccc(-c2nc(CNc3ccc(-n4cncn4)cc3)cs2)cc1. The van der Waals surface area contributed by atoms with Crippen molar-refractivity contribution in [2.45, 2.75) is 26.3 Å². The minimum Gasteiger partial charge on any atom is -0.379 e. The van der Waals surface area contributed by atoms with E-state index in [-0.39, 0.29) is 0 Å². The Kier molecular flexibility index (Phi) is 4.98. The number of aromatic nitrogens is 4. The predicted octanol–water partition coefficient (Wildman–Crippen LogP) is 5.13. The maximum Gasteiger partial charge on any atom is 0.138 e. The Balaban J connectivity index is 1.39. The summed E-state index contributed by atoms with van der Waals surface area (Å²) in [7, 11) is 0. The van der Waals surface area contributed by atoms with E-state index in [0.717, 1.165) is 22.1 Å². The molecular formula is C21H21N5S. The molecule has 2 aromatic heterocycles. The molecule has 0 aliphatic carbocycles. The molecule has 5 nitrogen and oxygen atoms in total. The highest BCUT2D eigenvalue weighted by molar-refractivity contribution is 7.13. The number of nitrogens with zero attached hydrogens (tertiary/aromatic N) is 4. The molecule has 0 bridgehead atoms. The van der Waals surface area contributed by atoms with E-state index in [2.05, 4.69) is 58.9 Å². The van der Waals surface area contributed by atoms with Gasteiger partial charge >= 0.3 is 0 Å². The summed E-state index contributed by atoms with van der Waals surface area (Å²) in [4.78, 5) is 8.73. The molecule has 0 aliphatic rings. The van der Waals surface area contributed by atoms with Crippen LogP contribution in [0.4, 0.5) is 5.69 Å². The Morgan fingerprint density at radius 1 is 1.04 bits per heavy atom.